The Morgan fingerprint density at radius 3 is 2.65 bits per heavy atom. The van der Waals surface area contributed by atoms with Gasteiger partial charge in [0.2, 0.25) is 0 Å². The topological polar surface area (TPSA) is 29.5 Å². The minimum atomic E-state index is 0.335. The van der Waals surface area contributed by atoms with Crippen LogP contribution in [-0.4, -0.2) is 36.9 Å². The summed E-state index contributed by atoms with van der Waals surface area (Å²) in [5, 5.41) is 0. The Kier molecular flexibility index (Phi) is 6.18. The van der Waals surface area contributed by atoms with Crippen LogP contribution in [0.2, 0.25) is 0 Å². The molecule has 2 saturated carbocycles. The molecule has 0 amide bonds. The van der Waals surface area contributed by atoms with Crippen molar-refractivity contribution >= 4 is 5.78 Å². The van der Waals surface area contributed by atoms with Crippen molar-refractivity contribution in [3.05, 3.63) is 52.6 Å². The lowest BCUT2D eigenvalue weighted by Crippen LogP contribution is -2.40. The molecule has 0 radical (unpaired) electrons. The number of allylic oxidation sites excluding steroid dienone is 4. The van der Waals surface area contributed by atoms with Crippen molar-refractivity contribution in [2.45, 2.75) is 83.5 Å². The fourth-order valence-electron chi connectivity index (χ4n) is 8.24. The number of nitrogens with zero attached hydrogens (tertiary/aromatic N) is 1. The summed E-state index contributed by atoms with van der Waals surface area (Å²) in [6.45, 7) is 6.85. The molecule has 1 heterocycles. The summed E-state index contributed by atoms with van der Waals surface area (Å²) in [5.74, 6) is 3.39. The highest BCUT2D eigenvalue weighted by molar-refractivity contribution is 5.93. The van der Waals surface area contributed by atoms with Gasteiger partial charge in [-0.1, -0.05) is 37.5 Å². The summed E-state index contributed by atoms with van der Waals surface area (Å²) >= 11 is 0. The first-order valence-corrected chi connectivity index (χ1v) is 14.0. The summed E-state index contributed by atoms with van der Waals surface area (Å²) < 4.78 is 6.14. The normalized spacial score (nSPS) is 33.7. The maximum Gasteiger partial charge on any atom is 0.156 e. The van der Waals surface area contributed by atoms with Crippen LogP contribution >= 0.6 is 0 Å². The highest BCUT2D eigenvalue weighted by atomic mass is 16.5. The Labute approximate surface area is 205 Å². The molecule has 0 aromatic heterocycles. The van der Waals surface area contributed by atoms with Crippen LogP contribution in [0.25, 0.3) is 0 Å². The van der Waals surface area contributed by atoms with E-state index in [1.54, 1.807) is 11.1 Å². The van der Waals surface area contributed by atoms with Gasteiger partial charge < -0.3 is 4.74 Å². The molecular weight excluding hydrogens is 418 g/mol. The minimum absolute atomic E-state index is 0.335. The standard InChI is InChI=1S/C31H41NO2/c1-31-15-5-6-29(31)27-13-9-23-20-24(33)10-14-26(23)30(27)28(21-31)22-7-11-25(12-8-22)34-19-18-32-16-3-2-4-17-32/h7-8,11-12,20,27-29H,2-6,9-10,13-19,21H2,1H3. The average Bonchev–Trinajstić information content (AvgIpc) is 3.26. The van der Waals surface area contributed by atoms with Crippen molar-refractivity contribution in [1.82, 2.24) is 4.90 Å². The first kappa shape index (κ1) is 22.6. The molecule has 4 atom stereocenters. The lowest BCUT2D eigenvalue weighted by atomic mass is 9.53. The predicted octanol–water partition coefficient (Wildman–Crippen LogP) is 6.84. The fraction of sp³-hybridized carbons (Fsp3) is 0.645. The zero-order chi connectivity index (χ0) is 23.1. The van der Waals surface area contributed by atoms with Gasteiger partial charge in [0, 0.05) is 18.9 Å². The van der Waals surface area contributed by atoms with E-state index in [2.05, 4.69) is 36.1 Å². The van der Waals surface area contributed by atoms with Gasteiger partial charge in [-0.15, -0.1) is 0 Å². The van der Waals surface area contributed by atoms with Crippen molar-refractivity contribution in [1.29, 1.82) is 0 Å². The van der Waals surface area contributed by atoms with E-state index in [1.165, 1.54) is 75.6 Å². The fourth-order valence-corrected chi connectivity index (χ4v) is 8.24. The van der Waals surface area contributed by atoms with Crippen LogP contribution in [0.3, 0.4) is 0 Å². The predicted molar refractivity (Wildman–Crippen MR) is 137 cm³/mol. The number of likely N-dealkylation sites (tertiary alicyclic amines) is 1. The van der Waals surface area contributed by atoms with Crippen molar-refractivity contribution in [2.75, 3.05) is 26.2 Å². The molecule has 4 unspecified atom stereocenters. The molecule has 1 aromatic rings. The summed E-state index contributed by atoms with van der Waals surface area (Å²) in [6.07, 6.45) is 15.5. The van der Waals surface area contributed by atoms with Gasteiger partial charge in [-0.2, -0.15) is 0 Å². The average molecular weight is 460 g/mol. The van der Waals surface area contributed by atoms with Crippen LogP contribution in [0.15, 0.2) is 47.1 Å². The third-order valence-corrected chi connectivity index (χ3v) is 9.91. The summed E-state index contributed by atoms with van der Waals surface area (Å²) in [4.78, 5) is 14.7. The van der Waals surface area contributed by atoms with Gasteiger partial charge >= 0.3 is 0 Å². The minimum Gasteiger partial charge on any atom is -0.492 e. The van der Waals surface area contributed by atoms with Gasteiger partial charge in [0.05, 0.1) is 0 Å². The number of benzene rings is 1. The molecule has 1 saturated heterocycles. The van der Waals surface area contributed by atoms with Crippen molar-refractivity contribution in [3.63, 3.8) is 0 Å². The van der Waals surface area contributed by atoms with Crippen LogP contribution < -0.4 is 4.74 Å². The largest absolute Gasteiger partial charge is 0.492 e. The Balaban J connectivity index is 1.24. The van der Waals surface area contributed by atoms with Crippen LogP contribution in [0.1, 0.15) is 89.0 Å². The third kappa shape index (κ3) is 4.19. The van der Waals surface area contributed by atoms with E-state index < -0.39 is 0 Å². The number of fused-ring (bicyclic) bond motifs is 4. The molecule has 3 nitrogen and oxygen atoms in total. The molecule has 34 heavy (non-hydrogen) atoms. The second-order valence-corrected chi connectivity index (χ2v) is 11.9. The molecule has 3 fully saturated rings. The zero-order valence-electron chi connectivity index (χ0n) is 21.0. The molecule has 1 aromatic carbocycles. The maximum absolute atomic E-state index is 12.2. The molecule has 4 aliphatic carbocycles. The number of rotatable bonds is 5. The van der Waals surface area contributed by atoms with E-state index in [4.69, 9.17) is 4.74 Å². The smallest absolute Gasteiger partial charge is 0.156 e. The van der Waals surface area contributed by atoms with Gasteiger partial charge in [0.25, 0.3) is 0 Å². The highest BCUT2D eigenvalue weighted by Gasteiger charge is 2.52. The Hall–Kier alpha value is -1.87. The lowest BCUT2D eigenvalue weighted by Gasteiger charge is -2.51. The lowest BCUT2D eigenvalue weighted by molar-refractivity contribution is -0.114. The molecule has 1 aliphatic heterocycles. The molecule has 0 N–H and O–H groups in total. The SMILES string of the molecule is CC12CCCC1C1CCC3=CC(=O)CCC3=C1C(c1ccc(OCCN3CCCCC3)cc1)C2. The molecule has 5 aliphatic rings. The molecule has 3 heteroatoms. The van der Waals surface area contributed by atoms with Crippen molar-refractivity contribution in [3.8, 4) is 5.75 Å². The van der Waals surface area contributed by atoms with Gasteiger partial charge in [-0.3, -0.25) is 9.69 Å². The van der Waals surface area contributed by atoms with Crippen molar-refractivity contribution in [2.24, 2.45) is 17.3 Å². The molecule has 182 valence electrons. The Morgan fingerprint density at radius 1 is 1.00 bits per heavy atom. The third-order valence-electron chi connectivity index (χ3n) is 9.91. The second-order valence-electron chi connectivity index (χ2n) is 11.9. The van der Waals surface area contributed by atoms with Gasteiger partial charge in [0.1, 0.15) is 12.4 Å². The zero-order valence-corrected chi connectivity index (χ0v) is 21.0. The molecular formula is C31H41NO2. The molecule has 6 rings (SSSR count). The maximum atomic E-state index is 12.2. The highest BCUT2D eigenvalue weighted by Crippen LogP contribution is 2.63. The van der Waals surface area contributed by atoms with E-state index in [-0.39, 0.29) is 0 Å². The number of ether oxygens (including phenoxy) is 1. The molecule has 0 bridgehead atoms. The van der Waals surface area contributed by atoms with Crippen LogP contribution in [0.4, 0.5) is 0 Å². The summed E-state index contributed by atoms with van der Waals surface area (Å²) in [7, 11) is 0. The first-order chi connectivity index (χ1) is 16.6. The Morgan fingerprint density at radius 2 is 1.82 bits per heavy atom. The van der Waals surface area contributed by atoms with E-state index >= 15 is 0 Å². The number of carbonyl (C=O) groups is 1. The van der Waals surface area contributed by atoms with Crippen molar-refractivity contribution < 1.29 is 9.53 Å². The van der Waals surface area contributed by atoms with Crippen LogP contribution in [-0.2, 0) is 4.79 Å². The van der Waals surface area contributed by atoms with Gasteiger partial charge in [0.15, 0.2) is 5.78 Å². The quantitative estimate of drug-likeness (QED) is 0.483. The molecule has 0 spiro atoms. The van der Waals surface area contributed by atoms with E-state index in [0.29, 0.717) is 29.5 Å². The summed E-state index contributed by atoms with van der Waals surface area (Å²) in [5.41, 5.74) is 6.58. The summed E-state index contributed by atoms with van der Waals surface area (Å²) in [6, 6.07) is 9.10. The van der Waals surface area contributed by atoms with E-state index in [9.17, 15) is 4.79 Å². The number of hydrogen-bond donors (Lipinski definition) is 0. The second kappa shape index (κ2) is 9.30. The first-order valence-electron chi connectivity index (χ1n) is 14.0. The Bertz CT molecular complexity index is 983. The van der Waals surface area contributed by atoms with E-state index in [0.717, 1.165) is 37.7 Å². The number of piperidine rings is 1. The van der Waals surface area contributed by atoms with E-state index in [1.807, 2.05) is 6.08 Å². The van der Waals surface area contributed by atoms with Gasteiger partial charge in [-0.25, -0.2) is 0 Å². The van der Waals surface area contributed by atoms with Crippen LogP contribution in [0.5, 0.6) is 5.75 Å². The number of hydrogen-bond acceptors (Lipinski definition) is 3. The van der Waals surface area contributed by atoms with Gasteiger partial charge in [-0.05, 0) is 117 Å². The monoisotopic (exact) mass is 459 g/mol. The van der Waals surface area contributed by atoms with Crippen LogP contribution in [0, 0.1) is 17.3 Å². The number of ketones is 1. The number of carbonyl (C=O) groups excluding carboxylic acids is 1.